The maximum atomic E-state index is 8.69. The van der Waals surface area contributed by atoms with Gasteiger partial charge in [-0.05, 0) is 46.4 Å². The molecular weight excluding hydrogens is 279 g/mol. The van der Waals surface area contributed by atoms with Crippen LogP contribution in [-0.2, 0) is 0 Å². The lowest BCUT2D eigenvalue weighted by atomic mass is 10.2. The molecule has 0 aromatic heterocycles. The second-order valence-electron chi connectivity index (χ2n) is 2.46. The van der Waals surface area contributed by atoms with Crippen molar-refractivity contribution in [2.45, 2.75) is 0 Å². The number of hydrogen-bond acceptors (Lipinski definition) is 2. The molecule has 1 aromatic carbocycles. The lowest BCUT2D eigenvalue weighted by Gasteiger charge is -2.01. The number of aliphatic hydroxyl groups excluding tert-OH is 1. The zero-order valence-electron chi connectivity index (χ0n) is 7.33. The van der Waals surface area contributed by atoms with Gasteiger partial charge in [0.2, 0.25) is 0 Å². The van der Waals surface area contributed by atoms with Crippen molar-refractivity contribution < 1.29 is 9.84 Å². The van der Waals surface area contributed by atoms with E-state index >= 15 is 0 Å². The number of benzene rings is 1. The van der Waals surface area contributed by atoms with Gasteiger partial charge in [0.15, 0.2) is 0 Å². The van der Waals surface area contributed by atoms with Gasteiger partial charge in [-0.3, -0.25) is 0 Å². The Kier molecular flexibility index (Phi) is 4.24. The van der Waals surface area contributed by atoms with Gasteiger partial charge < -0.3 is 9.84 Å². The molecule has 0 radical (unpaired) electrons. The van der Waals surface area contributed by atoms with Crippen molar-refractivity contribution in [3.8, 4) is 5.75 Å². The predicted octanol–water partition coefficient (Wildman–Crippen LogP) is 2.46. The van der Waals surface area contributed by atoms with Gasteiger partial charge in [-0.15, -0.1) is 0 Å². The zero-order valence-corrected chi connectivity index (χ0v) is 9.48. The van der Waals surface area contributed by atoms with Crippen LogP contribution in [0.3, 0.4) is 0 Å². The molecule has 0 bridgehead atoms. The summed E-state index contributed by atoms with van der Waals surface area (Å²) in [4.78, 5) is 0. The molecule has 0 saturated heterocycles. The van der Waals surface area contributed by atoms with Gasteiger partial charge in [-0.2, -0.15) is 0 Å². The molecule has 0 unspecified atom stereocenters. The summed E-state index contributed by atoms with van der Waals surface area (Å²) < 4.78 is 6.08. The van der Waals surface area contributed by atoms with Crippen LogP contribution in [0.1, 0.15) is 5.56 Å². The van der Waals surface area contributed by atoms with Crippen LogP contribution in [0.4, 0.5) is 0 Å². The molecule has 0 fully saturated rings. The number of halogens is 1. The minimum Gasteiger partial charge on any atom is -0.497 e. The van der Waals surface area contributed by atoms with Crippen molar-refractivity contribution in [1.82, 2.24) is 0 Å². The van der Waals surface area contributed by atoms with E-state index in [1.165, 1.54) is 0 Å². The first-order chi connectivity index (χ1) is 6.27. The third kappa shape index (κ3) is 3.00. The quantitative estimate of drug-likeness (QED) is 0.867. The van der Waals surface area contributed by atoms with E-state index in [0.29, 0.717) is 0 Å². The highest BCUT2D eigenvalue weighted by atomic mass is 127. The third-order valence-corrected chi connectivity index (χ3v) is 2.70. The van der Waals surface area contributed by atoms with Crippen LogP contribution in [0.5, 0.6) is 5.75 Å². The van der Waals surface area contributed by atoms with E-state index in [9.17, 15) is 0 Å². The fourth-order valence-electron chi connectivity index (χ4n) is 0.948. The lowest BCUT2D eigenvalue weighted by Crippen LogP contribution is -1.83. The first-order valence-electron chi connectivity index (χ1n) is 3.89. The summed E-state index contributed by atoms with van der Waals surface area (Å²) in [5, 5.41) is 8.69. The Morgan fingerprint density at radius 2 is 2.08 bits per heavy atom. The Bertz CT molecular complexity index is 290. The van der Waals surface area contributed by atoms with Crippen molar-refractivity contribution in [2.75, 3.05) is 13.7 Å². The van der Waals surface area contributed by atoms with Gasteiger partial charge >= 0.3 is 0 Å². The Hall–Kier alpha value is -0.550. The second kappa shape index (κ2) is 5.24. The maximum absolute atomic E-state index is 8.69. The summed E-state index contributed by atoms with van der Waals surface area (Å²) in [7, 11) is 1.64. The number of aliphatic hydroxyl groups is 1. The van der Waals surface area contributed by atoms with E-state index in [4.69, 9.17) is 9.84 Å². The van der Waals surface area contributed by atoms with Crippen LogP contribution in [0.25, 0.3) is 3.58 Å². The standard InChI is InChI=1S/C10H11IO2/c1-13-9-4-2-8(3-5-9)10(11)6-7-12/h2-6,12H,7H2,1H3/b10-6-. The van der Waals surface area contributed by atoms with Crippen LogP contribution in [0, 0.1) is 0 Å². The SMILES string of the molecule is COc1ccc(/C(I)=C/CO)cc1. The van der Waals surface area contributed by atoms with E-state index in [0.717, 1.165) is 14.9 Å². The van der Waals surface area contributed by atoms with Crippen LogP contribution in [-0.4, -0.2) is 18.8 Å². The molecule has 0 saturated carbocycles. The van der Waals surface area contributed by atoms with Gasteiger partial charge in [0, 0.05) is 3.58 Å². The molecule has 3 heteroatoms. The maximum Gasteiger partial charge on any atom is 0.118 e. The Morgan fingerprint density at radius 3 is 2.54 bits per heavy atom. The monoisotopic (exact) mass is 290 g/mol. The topological polar surface area (TPSA) is 29.5 Å². The number of hydrogen-bond donors (Lipinski definition) is 1. The van der Waals surface area contributed by atoms with Crippen LogP contribution in [0.15, 0.2) is 30.3 Å². The fourth-order valence-corrected chi connectivity index (χ4v) is 1.50. The lowest BCUT2D eigenvalue weighted by molar-refractivity contribution is 0.343. The molecule has 2 nitrogen and oxygen atoms in total. The number of methoxy groups -OCH3 is 1. The predicted molar refractivity (Wildman–Crippen MR) is 62.1 cm³/mol. The van der Waals surface area contributed by atoms with Crippen molar-refractivity contribution in [1.29, 1.82) is 0 Å². The van der Waals surface area contributed by atoms with Crippen LogP contribution >= 0.6 is 22.6 Å². The average Bonchev–Trinajstić information content (AvgIpc) is 2.18. The largest absolute Gasteiger partial charge is 0.497 e. The second-order valence-corrected chi connectivity index (χ2v) is 3.63. The van der Waals surface area contributed by atoms with E-state index in [1.807, 2.05) is 24.3 Å². The Morgan fingerprint density at radius 1 is 1.46 bits per heavy atom. The number of rotatable bonds is 3. The molecule has 0 aliphatic heterocycles. The van der Waals surface area contributed by atoms with Crippen molar-refractivity contribution >= 4 is 26.2 Å². The average molecular weight is 290 g/mol. The molecule has 1 N–H and O–H groups in total. The van der Waals surface area contributed by atoms with Gasteiger partial charge in [0.25, 0.3) is 0 Å². The van der Waals surface area contributed by atoms with Gasteiger partial charge in [-0.25, -0.2) is 0 Å². The summed E-state index contributed by atoms with van der Waals surface area (Å²) in [6.07, 6.45) is 1.77. The first kappa shape index (κ1) is 10.5. The van der Waals surface area contributed by atoms with Gasteiger partial charge in [-0.1, -0.05) is 12.1 Å². The summed E-state index contributed by atoms with van der Waals surface area (Å²) in [6, 6.07) is 7.73. The first-order valence-corrected chi connectivity index (χ1v) is 4.96. The van der Waals surface area contributed by atoms with Gasteiger partial charge in [0.1, 0.15) is 5.75 Å². The summed E-state index contributed by atoms with van der Waals surface area (Å²) >= 11 is 2.19. The molecule has 0 spiro atoms. The van der Waals surface area contributed by atoms with E-state index in [-0.39, 0.29) is 6.61 Å². The van der Waals surface area contributed by atoms with Crippen LogP contribution in [0.2, 0.25) is 0 Å². The molecule has 0 amide bonds. The fraction of sp³-hybridized carbons (Fsp3) is 0.200. The normalized spacial score (nSPS) is 11.5. The summed E-state index contributed by atoms with van der Waals surface area (Å²) in [5.41, 5.74) is 1.09. The molecule has 13 heavy (non-hydrogen) atoms. The molecule has 0 aliphatic carbocycles. The molecule has 0 aliphatic rings. The van der Waals surface area contributed by atoms with Crippen molar-refractivity contribution in [2.24, 2.45) is 0 Å². The minimum atomic E-state index is 0.0737. The van der Waals surface area contributed by atoms with Crippen molar-refractivity contribution in [3.05, 3.63) is 35.9 Å². The van der Waals surface area contributed by atoms with Crippen molar-refractivity contribution in [3.63, 3.8) is 0 Å². The van der Waals surface area contributed by atoms with E-state index in [1.54, 1.807) is 13.2 Å². The Balaban J connectivity index is 2.85. The third-order valence-electron chi connectivity index (χ3n) is 1.64. The molecule has 1 rings (SSSR count). The summed E-state index contributed by atoms with van der Waals surface area (Å²) in [6.45, 7) is 0.0737. The number of ether oxygens (including phenoxy) is 1. The minimum absolute atomic E-state index is 0.0737. The zero-order chi connectivity index (χ0) is 9.68. The van der Waals surface area contributed by atoms with Crippen LogP contribution < -0.4 is 4.74 Å². The van der Waals surface area contributed by atoms with E-state index < -0.39 is 0 Å². The molecule has 0 atom stereocenters. The molecule has 70 valence electrons. The van der Waals surface area contributed by atoms with Gasteiger partial charge in [0.05, 0.1) is 13.7 Å². The molecule has 0 heterocycles. The highest BCUT2D eigenvalue weighted by molar-refractivity contribution is 14.1. The molecule has 1 aromatic rings. The van der Waals surface area contributed by atoms with E-state index in [2.05, 4.69) is 22.6 Å². The summed E-state index contributed by atoms with van der Waals surface area (Å²) in [5.74, 6) is 0.844. The highest BCUT2D eigenvalue weighted by Crippen LogP contribution is 2.23. The Labute approximate surface area is 91.4 Å². The highest BCUT2D eigenvalue weighted by Gasteiger charge is 1.96. The smallest absolute Gasteiger partial charge is 0.118 e. The molecular formula is C10H11IO2.